The Balaban J connectivity index is 1.10. The number of piperazine rings is 1. The summed E-state index contributed by atoms with van der Waals surface area (Å²) in [4.78, 5) is 40.3. The number of carbonyl (C=O) groups excluding carboxylic acids is 2. The number of para-hydroxylation sites is 1. The molecule has 2 aromatic heterocycles. The predicted octanol–water partition coefficient (Wildman–Crippen LogP) is 3.37. The van der Waals surface area contributed by atoms with Crippen LogP contribution in [-0.2, 0) is 0 Å². The Bertz CT molecular complexity index is 1370. The first kappa shape index (κ1) is 21.9. The lowest BCUT2D eigenvalue weighted by Gasteiger charge is -2.48. The summed E-state index contributed by atoms with van der Waals surface area (Å²) in [5.74, 6) is -0.0881. The second-order valence-corrected chi connectivity index (χ2v) is 9.46. The first-order valence-corrected chi connectivity index (χ1v) is 12.4. The number of carbonyl (C=O) groups is 2. The average molecular weight is 492 g/mol. The number of rotatable bonds is 4. The Labute approximate surface area is 204 Å². The largest absolute Gasteiger partial charge is 0.435 e. The fourth-order valence-electron chi connectivity index (χ4n) is 4.63. The van der Waals surface area contributed by atoms with E-state index in [-0.39, 0.29) is 23.7 Å². The van der Waals surface area contributed by atoms with Crippen LogP contribution in [0.25, 0.3) is 22.6 Å². The second kappa shape index (κ2) is 8.86. The van der Waals surface area contributed by atoms with Crippen LogP contribution in [0.2, 0.25) is 0 Å². The highest BCUT2D eigenvalue weighted by atomic mass is 32.1. The maximum absolute atomic E-state index is 13.3. The summed E-state index contributed by atoms with van der Waals surface area (Å²) in [7, 11) is 0. The molecule has 0 aliphatic carbocycles. The molecule has 2 aromatic carbocycles. The number of fused-ring (bicyclic) bond motifs is 1. The molecule has 0 unspecified atom stereocenters. The molecule has 4 heterocycles. The average Bonchev–Trinajstić information content (AvgIpc) is 3.54. The topological polar surface area (TPSA) is 82.8 Å². The van der Waals surface area contributed by atoms with Crippen molar-refractivity contribution in [1.82, 2.24) is 24.7 Å². The van der Waals surface area contributed by atoms with E-state index >= 15 is 0 Å². The Hall–Kier alpha value is -3.63. The third kappa shape index (κ3) is 4.08. The van der Waals surface area contributed by atoms with Crippen LogP contribution in [0.1, 0.15) is 20.8 Å². The zero-order chi connectivity index (χ0) is 23.9. The Morgan fingerprint density at radius 3 is 2.46 bits per heavy atom. The van der Waals surface area contributed by atoms with E-state index < -0.39 is 0 Å². The van der Waals surface area contributed by atoms with Crippen molar-refractivity contribution in [3.63, 3.8) is 0 Å². The summed E-state index contributed by atoms with van der Waals surface area (Å²) in [5, 5.41) is 1.78. The van der Waals surface area contributed by atoms with Gasteiger partial charge in [0.25, 0.3) is 11.8 Å². The fraction of sp³-hybridized carbons (Fsp3) is 0.280. The van der Waals surface area contributed by atoms with Gasteiger partial charge in [-0.25, -0.2) is 14.4 Å². The van der Waals surface area contributed by atoms with Gasteiger partial charge in [-0.3, -0.25) is 14.5 Å². The highest BCUT2D eigenvalue weighted by Crippen LogP contribution is 2.29. The van der Waals surface area contributed by atoms with Gasteiger partial charge in [0.05, 0.1) is 11.1 Å². The lowest BCUT2D eigenvalue weighted by Crippen LogP contribution is -2.64. The van der Waals surface area contributed by atoms with E-state index in [0.29, 0.717) is 60.0 Å². The van der Waals surface area contributed by atoms with E-state index in [9.17, 15) is 14.0 Å². The number of halogens is 1. The zero-order valence-corrected chi connectivity index (χ0v) is 19.6. The number of aromatic nitrogens is 2. The number of likely N-dealkylation sites (tertiary alicyclic amines) is 1. The number of thiazole rings is 1. The molecule has 2 saturated heterocycles. The van der Waals surface area contributed by atoms with E-state index in [1.807, 2.05) is 9.80 Å². The van der Waals surface area contributed by atoms with Crippen LogP contribution < -0.4 is 0 Å². The standard InChI is InChI=1S/C25H22FN5O3S/c26-17-6-4-16(5-7-17)23-28-20-3-1-2-19(22(20)34-23)24(32)31-12-18(13-31)29-8-10-30(11-9-29)25(33)21-14-35-15-27-21/h1-7,14-15,18H,8-13H2. The van der Waals surface area contributed by atoms with Gasteiger partial charge in [0.15, 0.2) is 5.58 Å². The van der Waals surface area contributed by atoms with Crippen molar-refractivity contribution in [3.8, 4) is 11.5 Å². The van der Waals surface area contributed by atoms with Crippen LogP contribution in [0, 0.1) is 5.82 Å². The molecule has 178 valence electrons. The van der Waals surface area contributed by atoms with Crippen LogP contribution in [0.5, 0.6) is 0 Å². The lowest BCUT2D eigenvalue weighted by molar-refractivity contribution is 0.00849. The van der Waals surface area contributed by atoms with E-state index in [2.05, 4.69) is 14.9 Å². The first-order chi connectivity index (χ1) is 17.1. The van der Waals surface area contributed by atoms with E-state index in [1.54, 1.807) is 41.2 Å². The smallest absolute Gasteiger partial charge is 0.273 e. The van der Waals surface area contributed by atoms with Crippen LogP contribution in [-0.4, -0.2) is 81.8 Å². The molecule has 2 amide bonds. The van der Waals surface area contributed by atoms with Gasteiger partial charge in [-0.2, -0.15) is 0 Å². The number of oxazole rings is 1. The number of nitrogens with zero attached hydrogens (tertiary/aromatic N) is 5. The van der Waals surface area contributed by atoms with Crippen LogP contribution in [0.4, 0.5) is 4.39 Å². The Kier molecular flexibility index (Phi) is 5.54. The van der Waals surface area contributed by atoms with Crippen molar-refractivity contribution in [3.05, 3.63) is 70.4 Å². The van der Waals surface area contributed by atoms with Crippen molar-refractivity contribution >= 4 is 34.3 Å². The second-order valence-electron chi connectivity index (χ2n) is 8.75. The summed E-state index contributed by atoms with van der Waals surface area (Å²) >= 11 is 1.42. The third-order valence-corrected chi connectivity index (χ3v) is 7.24. The van der Waals surface area contributed by atoms with Gasteiger partial charge in [0.1, 0.15) is 17.0 Å². The molecule has 6 rings (SSSR count). The molecule has 10 heteroatoms. The molecule has 0 radical (unpaired) electrons. The van der Waals surface area contributed by atoms with Gasteiger partial charge in [-0.05, 0) is 36.4 Å². The summed E-state index contributed by atoms with van der Waals surface area (Å²) in [6.45, 7) is 4.14. The van der Waals surface area contributed by atoms with E-state index in [4.69, 9.17) is 4.42 Å². The zero-order valence-electron chi connectivity index (χ0n) is 18.8. The van der Waals surface area contributed by atoms with Crippen LogP contribution in [0.3, 0.4) is 0 Å². The maximum atomic E-state index is 13.3. The number of benzene rings is 2. The molecule has 0 N–H and O–H groups in total. The molecule has 2 aliphatic rings. The van der Waals surface area contributed by atoms with Crippen molar-refractivity contribution in [1.29, 1.82) is 0 Å². The summed E-state index contributed by atoms with van der Waals surface area (Å²) in [6, 6.07) is 11.5. The number of amides is 2. The van der Waals surface area contributed by atoms with Crippen molar-refractivity contribution in [2.45, 2.75) is 6.04 Å². The number of hydrogen-bond acceptors (Lipinski definition) is 7. The molecule has 8 nitrogen and oxygen atoms in total. The van der Waals surface area contributed by atoms with E-state index in [0.717, 1.165) is 13.1 Å². The summed E-state index contributed by atoms with van der Waals surface area (Å²) in [6.07, 6.45) is 0. The van der Waals surface area contributed by atoms with Crippen LogP contribution >= 0.6 is 11.3 Å². The third-order valence-electron chi connectivity index (χ3n) is 6.66. The van der Waals surface area contributed by atoms with Gasteiger partial charge in [-0.15, -0.1) is 11.3 Å². The molecule has 2 aliphatic heterocycles. The van der Waals surface area contributed by atoms with Crippen LogP contribution in [0.15, 0.2) is 57.8 Å². The highest BCUT2D eigenvalue weighted by molar-refractivity contribution is 7.07. The SMILES string of the molecule is O=C(c1cscn1)N1CCN(C2CN(C(=O)c3cccc4nc(-c5ccc(F)cc5)oc34)C2)CC1. The van der Waals surface area contributed by atoms with Crippen molar-refractivity contribution in [2.75, 3.05) is 39.3 Å². The molecular weight excluding hydrogens is 469 g/mol. The monoisotopic (exact) mass is 491 g/mol. The van der Waals surface area contributed by atoms with Crippen molar-refractivity contribution < 1.29 is 18.4 Å². The molecule has 0 atom stereocenters. The van der Waals surface area contributed by atoms with Gasteiger partial charge in [0.2, 0.25) is 5.89 Å². The first-order valence-electron chi connectivity index (χ1n) is 11.4. The fourth-order valence-corrected chi connectivity index (χ4v) is 5.15. The minimum absolute atomic E-state index is 0.0172. The number of hydrogen-bond donors (Lipinski definition) is 0. The van der Waals surface area contributed by atoms with E-state index in [1.165, 1.54) is 23.5 Å². The normalized spacial score (nSPS) is 17.1. The van der Waals surface area contributed by atoms with Gasteiger partial charge < -0.3 is 14.2 Å². The van der Waals surface area contributed by atoms with Gasteiger partial charge in [-0.1, -0.05) is 6.07 Å². The van der Waals surface area contributed by atoms with Gasteiger partial charge in [0, 0.05) is 56.3 Å². The summed E-state index contributed by atoms with van der Waals surface area (Å²) < 4.78 is 19.2. The Morgan fingerprint density at radius 1 is 0.971 bits per heavy atom. The molecule has 0 saturated carbocycles. The Morgan fingerprint density at radius 2 is 1.74 bits per heavy atom. The molecule has 4 aromatic rings. The molecule has 2 fully saturated rings. The minimum Gasteiger partial charge on any atom is -0.435 e. The molecule has 0 spiro atoms. The summed E-state index contributed by atoms with van der Waals surface area (Å²) in [5.41, 5.74) is 4.33. The van der Waals surface area contributed by atoms with Gasteiger partial charge >= 0.3 is 0 Å². The molecular formula is C25H22FN5O3S. The highest BCUT2D eigenvalue weighted by Gasteiger charge is 2.38. The lowest BCUT2D eigenvalue weighted by atomic mass is 10.0. The minimum atomic E-state index is -0.333. The maximum Gasteiger partial charge on any atom is 0.273 e. The predicted molar refractivity (Wildman–Crippen MR) is 129 cm³/mol. The molecule has 35 heavy (non-hydrogen) atoms. The van der Waals surface area contributed by atoms with Crippen molar-refractivity contribution in [2.24, 2.45) is 0 Å². The quantitative estimate of drug-likeness (QED) is 0.435. The molecule has 0 bridgehead atoms.